The van der Waals surface area contributed by atoms with Crippen molar-refractivity contribution in [3.8, 4) is 0 Å². The van der Waals surface area contributed by atoms with Crippen molar-refractivity contribution in [1.82, 2.24) is 15.6 Å². The van der Waals surface area contributed by atoms with Crippen LogP contribution in [0.25, 0.3) is 10.9 Å². The van der Waals surface area contributed by atoms with E-state index in [1.165, 1.54) is 10.9 Å². The molecule has 0 radical (unpaired) electrons. The van der Waals surface area contributed by atoms with Gasteiger partial charge in [-0.05, 0) is 37.8 Å². The Morgan fingerprint density at radius 2 is 2.00 bits per heavy atom. The van der Waals surface area contributed by atoms with E-state index in [0.29, 0.717) is 0 Å². The van der Waals surface area contributed by atoms with Crippen LogP contribution in [0.1, 0.15) is 19.4 Å². The van der Waals surface area contributed by atoms with Crippen LogP contribution in [0, 0.1) is 0 Å². The van der Waals surface area contributed by atoms with Crippen LogP contribution in [0.3, 0.4) is 0 Å². The fraction of sp³-hybridized carbons (Fsp3) is 0.412. The highest BCUT2D eigenvalue weighted by molar-refractivity contribution is 7.99. The second-order valence-electron chi connectivity index (χ2n) is 5.73. The topological polar surface area (TPSA) is 49.3 Å². The van der Waals surface area contributed by atoms with Crippen molar-refractivity contribution in [3.05, 3.63) is 42.1 Å². The number of rotatable bonds is 5. The van der Waals surface area contributed by atoms with Gasteiger partial charge in [-0.3, -0.25) is 9.98 Å². The molecule has 0 amide bonds. The molecular formula is C17H24N4S. The molecule has 4 nitrogen and oxygen atoms in total. The molecule has 0 aliphatic carbocycles. The van der Waals surface area contributed by atoms with E-state index >= 15 is 0 Å². The number of fused-ring (bicyclic) bond motifs is 1. The molecule has 1 aromatic carbocycles. The lowest BCUT2D eigenvalue weighted by Crippen LogP contribution is -2.43. The highest BCUT2D eigenvalue weighted by Crippen LogP contribution is 2.19. The van der Waals surface area contributed by atoms with Crippen LogP contribution in [0.4, 0.5) is 0 Å². The largest absolute Gasteiger partial charge is 0.355 e. The van der Waals surface area contributed by atoms with Crippen LogP contribution in [0.2, 0.25) is 0 Å². The summed E-state index contributed by atoms with van der Waals surface area (Å²) in [6.45, 7) is 6.02. The lowest BCUT2D eigenvalue weighted by molar-refractivity contribution is 0.664. The molecule has 0 unspecified atom stereocenters. The van der Waals surface area contributed by atoms with Gasteiger partial charge >= 0.3 is 0 Å². The van der Waals surface area contributed by atoms with Crippen molar-refractivity contribution in [3.63, 3.8) is 0 Å². The van der Waals surface area contributed by atoms with Crippen molar-refractivity contribution in [1.29, 1.82) is 0 Å². The molecule has 0 saturated carbocycles. The van der Waals surface area contributed by atoms with Gasteiger partial charge in [-0.1, -0.05) is 18.2 Å². The monoisotopic (exact) mass is 316 g/mol. The lowest BCUT2D eigenvalue weighted by Gasteiger charge is -2.23. The molecule has 1 aromatic heterocycles. The van der Waals surface area contributed by atoms with Crippen LogP contribution < -0.4 is 10.6 Å². The Hall–Kier alpha value is -1.75. The third-order valence-corrected chi connectivity index (χ3v) is 4.89. The molecule has 22 heavy (non-hydrogen) atoms. The van der Waals surface area contributed by atoms with E-state index in [4.69, 9.17) is 0 Å². The smallest absolute Gasteiger partial charge is 0.191 e. The fourth-order valence-corrected chi connectivity index (χ4v) is 2.29. The number of guanidine groups is 1. The average Bonchev–Trinajstić information content (AvgIpc) is 2.55. The summed E-state index contributed by atoms with van der Waals surface area (Å²) < 4.78 is 0.182. The van der Waals surface area contributed by atoms with Crippen molar-refractivity contribution in [2.45, 2.75) is 25.1 Å². The molecule has 0 spiro atoms. The van der Waals surface area contributed by atoms with Gasteiger partial charge in [0.05, 0.1) is 5.52 Å². The minimum atomic E-state index is 0.182. The summed E-state index contributed by atoms with van der Waals surface area (Å²) in [5.74, 6) is 0.822. The standard InChI is InChI=1S/C17H24N4S/c1-17(2,22-4)12-21-16(18-3)20-11-13-9-10-19-15-8-6-5-7-14(13)15/h5-10H,11-12H2,1-4H3,(H2,18,20,21). The third kappa shape index (κ3) is 4.37. The summed E-state index contributed by atoms with van der Waals surface area (Å²) in [5, 5.41) is 7.94. The molecule has 5 heteroatoms. The van der Waals surface area contributed by atoms with E-state index in [0.717, 1.165) is 24.6 Å². The Labute approximate surface area is 136 Å². The minimum absolute atomic E-state index is 0.182. The molecule has 0 atom stereocenters. The van der Waals surface area contributed by atoms with Crippen LogP contribution in [-0.2, 0) is 6.54 Å². The van der Waals surface area contributed by atoms with Gasteiger partial charge < -0.3 is 10.6 Å². The van der Waals surface area contributed by atoms with E-state index in [1.807, 2.05) is 36.2 Å². The summed E-state index contributed by atoms with van der Waals surface area (Å²) in [6, 6.07) is 10.2. The molecule has 0 aliphatic heterocycles. The number of pyridine rings is 1. The minimum Gasteiger partial charge on any atom is -0.355 e. The van der Waals surface area contributed by atoms with Gasteiger partial charge in [-0.15, -0.1) is 0 Å². The van der Waals surface area contributed by atoms with Gasteiger partial charge in [0.1, 0.15) is 0 Å². The van der Waals surface area contributed by atoms with Crippen LogP contribution in [0.15, 0.2) is 41.5 Å². The predicted molar refractivity (Wildman–Crippen MR) is 97.5 cm³/mol. The maximum absolute atomic E-state index is 4.39. The van der Waals surface area contributed by atoms with Crippen molar-refractivity contribution < 1.29 is 0 Å². The highest BCUT2D eigenvalue weighted by atomic mass is 32.2. The zero-order valence-electron chi connectivity index (χ0n) is 13.7. The number of aromatic nitrogens is 1. The molecule has 1 heterocycles. The quantitative estimate of drug-likeness (QED) is 0.657. The van der Waals surface area contributed by atoms with E-state index in [9.17, 15) is 0 Å². The molecule has 118 valence electrons. The maximum Gasteiger partial charge on any atom is 0.191 e. The van der Waals surface area contributed by atoms with Crippen molar-refractivity contribution in [2.24, 2.45) is 4.99 Å². The average molecular weight is 316 g/mol. The first-order valence-corrected chi connectivity index (χ1v) is 8.60. The van der Waals surface area contributed by atoms with Gasteiger partial charge in [-0.2, -0.15) is 11.8 Å². The number of para-hydroxylation sites is 1. The number of aliphatic imine (C=N–C) groups is 1. The molecule has 2 N–H and O–H groups in total. The van der Waals surface area contributed by atoms with Crippen LogP contribution >= 0.6 is 11.8 Å². The van der Waals surface area contributed by atoms with Gasteiger partial charge in [0.2, 0.25) is 0 Å². The zero-order chi connectivity index (χ0) is 16.0. The number of nitrogens with one attached hydrogen (secondary N) is 2. The molecular weight excluding hydrogens is 292 g/mol. The number of hydrogen-bond donors (Lipinski definition) is 2. The van der Waals surface area contributed by atoms with Crippen molar-refractivity contribution in [2.75, 3.05) is 19.8 Å². The molecule has 2 rings (SSSR count). The van der Waals surface area contributed by atoms with Gasteiger partial charge in [0.15, 0.2) is 5.96 Å². The summed E-state index contributed by atoms with van der Waals surface area (Å²) in [4.78, 5) is 8.68. The summed E-state index contributed by atoms with van der Waals surface area (Å²) >= 11 is 1.84. The summed E-state index contributed by atoms with van der Waals surface area (Å²) in [7, 11) is 1.80. The van der Waals surface area contributed by atoms with Gasteiger partial charge in [0.25, 0.3) is 0 Å². The summed E-state index contributed by atoms with van der Waals surface area (Å²) in [5.41, 5.74) is 2.24. The normalized spacial score (nSPS) is 12.5. The van der Waals surface area contributed by atoms with E-state index < -0.39 is 0 Å². The Bertz CT molecular complexity index is 647. The molecule has 2 aromatic rings. The molecule has 0 bridgehead atoms. The first-order chi connectivity index (χ1) is 10.6. The van der Waals surface area contributed by atoms with E-state index in [2.05, 4.69) is 52.8 Å². The number of hydrogen-bond acceptors (Lipinski definition) is 3. The molecule has 0 saturated heterocycles. The molecule has 0 aliphatic rings. The Morgan fingerprint density at radius 3 is 2.73 bits per heavy atom. The number of nitrogens with zero attached hydrogens (tertiary/aromatic N) is 2. The third-order valence-electron chi connectivity index (χ3n) is 3.64. The summed E-state index contributed by atoms with van der Waals surface area (Å²) in [6.07, 6.45) is 3.98. The van der Waals surface area contributed by atoms with E-state index in [1.54, 1.807) is 7.05 Å². The first kappa shape index (κ1) is 16.6. The lowest BCUT2D eigenvalue weighted by atomic mass is 10.1. The Balaban J connectivity index is 2.01. The van der Waals surface area contributed by atoms with Crippen LogP contribution in [0.5, 0.6) is 0 Å². The number of benzene rings is 1. The maximum atomic E-state index is 4.39. The van der Waals surface area contributed by atoms with E-state index in [-0.39, 0.29) is 4.75 Å². The Kier molecular flexibility index (Phi) is 5.66. The Morgan fingerprint density at radius 1 is 1.23 bits per heavy atom. The number of thioether (sulfide) groups is 1. The van der Waals surface area contributed by atoms with Crippen molar-refractivity contribution >= 4 is 28.6 Å². The molecule has 0 fully saturated rings. The highest BCUT2D eigenvalue weighted by Gasteiger charge is 2.16. The van der Waals surface area contributed by atoms with Gasteiger partial charge in [0, 0.05) is 36.5 Å². The predicted octanol–water partition coefficient (Wildman–Crippen LogP) is 3.04. The second-order valence-corrected chi connectivity index (χ2v) is 7.24. The second kappa shape index (κ2) is 7.49. The van der Waals surface area contributed by atoms with Gasteiger partial charge in [-0.25, -0.2) is 0 Å². The fourth-order valence-electron chi connectivity index (χ4n) is 2.08. The zero-order valence-corrected chi connectivity index (χ0v) is 14.5. The SMILES string of the molecule is CN=C(NCc1ccnc2ccccc12)NCC(C)(C)SC. The first-order valence-electron chi connectivity index (χ1n) is 7.38. The van der Waals surface area contributed by atoms with Crippen LogP contribution in [-0.4, -0.2) is 35.5 Å².